The molecule has 1 aliphatic carbocycles. The zero-order chi connectivity index (χ0) is 15.8. The molecule has 0 heterocycles. The van der Waals surface area contributed by atoms with E-state index in [1.807, 2.05) is 13.0 Å². The quantitative estimate of drug-likeness (QED) is 0.456. The average Bonchev–Trinajstić information content (AvgIpc) is 2.56. The monoisotopic (exact) mass is 298 g/mol. The smallest absolute Gasteiger partial charge is 0.158 e. The van der Waals surface area contributed by atoms with Gasteiger partial charge < -0.3 is 0 Å². The predicted octanol–water partition coefficient (Wildman–Crippen LogP) is 5.84. The minimum absolute atomic E-state index is 0.265. The number of ketones is 1. The van der Waals surface area contributed by atoms with E-state index in [4.69, 9.17) is 0 Å². The average molecular weight is 298 g/mol. The van der Waals surface area contributed by atoms with E-state index in [0.29, 0.717) is 11.7 Å². The van der Waals surface area contributed by atoms with Crippen molar-refractivity contribution in [3.05, 3.63) is 47.5 Å². The first-order valence-corrected chi connectivity index (χ1v) is 9.00. The van der Waals surface area contributed by atoms with Crippen LogP contribution in [0.4, 0.5) is 0 Å². The Balaban J connectivity index is 1.85. The molecule has 1 aromatic rings. The highest BCUT2D eigenvalue weighted by atomic mass is 16.1. The molecule has 2 rings (SSSR count). The standard InChI is InChI=1S/C21H30O/c1-3-5-6-8-17-9-11-18(12-10-17)19-13-15-20(16-14-19)21(22)7-4-2/h4,7,9-12,19-20H,3,5-6,8,13-16H2,1-2H3/b7-4-. The second-order valence-corrected chi connectivity index (χ2v) is 6.65. The minimum Gasteiger partial charge on any atom is -0.295 e. The second kappa shape index (κ2) is 8.92. The second-order valence-electron chi connectivity index (χ2n) is 6.65. The van der Waals surface area contributed by atoms with Crippen LogP contribution in [0.3, 0.4) is 0 Å². The molecule has 120 valence electrons. The lowest BCUT2D eigenvalue weighted by atomic mass is 9.77. The highest BCUT2D eigenvalue weighted by molar-refractivity contribution is 5.91. The Morgan fingerprint density at radius 1 is 1.09 bits per heavy atom. The summed E-state index contributed by atoms with van der Waals surface area (Å²) in [5.41, 5.74) is 2.94. The van der Waals surface area contributed by atoms with Gasteiger partial charge in [0.2, 0.25) is 0 Å². The van der Waals surface area contributed by atoms with Gasteiger partial charge in [0.1, 0.15) is 0 Å². The van der Waals surface area contributed by atoms with Gasteiger partial charge in [-0.15, -0.1) is 0 Å². The van der Waals surface area contributed by atoms with Crippen LogP contribution in [-0.2, 0) is 11.2 Å². The third-order valence-electron chi connectivity index (χ3n) is 4.98. The Kier molecular flexibility index (Phi) is 6.89. The third kappa shape index (κ3) is 4.83. The maximum Gasteiger partial charge on any atom is 0.158 e. The maximum atomic E-state index is 11.9. The largest absolute Gasteiger partial charge is 0.295 e. The van der Waals surface area contributed by atoms with Crippen molar-refractivity contribution in [2.45, 2.75) is 71.1 Å². The van der Waals surface area contributed by atoms with Crippen molar-refractivity contribution >= 4 is 5.78 Å². The van der Waals surface area contributed by atoms with E-state index in [1.165, 1.54) is 36.8 Å². The normalized spacial score (nSPS) is 22.1. The molecule has 1 heteroatoms. The Bertz CT molecular complexity index is 475. The highest BCUT2D eigenvalue weighted by Gasteiger charge is 2.25. The topological polar surface area (TPSA) is 17.1 Å². The molecule has 0 amide bonds. The number of carbonyl (C=O) groups is 1. The molecule has 0 saturated heterocycles. The van der Waals surface area contributed by atoms with Crippen LogP contribution in [0.25, 0.3) is 0 Å². The fourth-order valence-corrected chi connectivity index (χ4v) is 3.55. The predicted molar refractivity (Wildman–Crippen MR) is 94.2 cm³/mol. The number of carbonyl (C=O) groups excluding carboxylic acids is 1. The Labute approximate surface area is 135 Å². The van der Waals surface area contributed by atoms with Crippen molar-refractivity contribution in [1.29, 1.82) is 0 Å². The van der Waals surface area contributed by atoms with Crippen LogP contribution in [0.5, 0.6) is 0 Å². The number of rotatable bonds is 7. The summed E-state index contributed by atoms with van der Waals surface area (Å²) in [4.78, 5) is 11.9. The molecule has 1 fully saturated rings. The van der Waals surface area contributed by atoms with Gasteiger partial charge in [0.05, 0.1) is 0 Å². The summed E-state index contributed by atoms with van der Waals surface area (Å²) in [6.45, 7) is 4.17. The molecule has 22 heavy (non-hydrogen) atoms. The summed E-state index contributed by atoms with van der Waals surface area (Å²) in [7, 11) is 0. The molecule has 0 N–H and O–H groups in total. The zero-order valence-corrected chi connectivity index (χ0v) is 14.2. The fraction of sp³-hybridized carbons (Fsp3) is 0.571. The summed E-state index contributed by atoms with van der Waals surface area (Å²) >= 11 is 0. The van der Waals surface area contributed by atoms with Gasteiger partial charge >= 0.3 is 0 Å². The Hall–Kier alpha value is -1.37. The van der Waals surface area contributed by atoms with Crippen molar-refractivity contribution in [3.8, 4) is 0 Å². The van der Waals surface area contributed by atoms with Crippen LogP contribution in [-0.4, -0.2) is 5.78 Å². The summed E-state index contributed by atoms with van der Waals surface area (Å²) < 4.78 is 0. The lowest BCUT2D eigenvalue weighted by molar-refractivity contribution is -0.119. The first-order valence-electron chi connectivity index (χ1n) is 9.00. The number of benzene rings is 1. The highest BCUT2D eigenvalue weighted by Crippen LogP contribution is 2.36. The molecule has 1 aliphatic rings. The van der Waals surface area contributed by atoms with E-state index in [9.17, 15) is 4.79 Å². The molecule has 0 unspecified atom stereocenters. The van der Waals surface area contributed by atoms with Crippen molar-refractivity contribution in [2.24, 2.45) is 5.92 Å². The first kappa shape index (κ1) is 17.0. The Morgan fingerprint density at radius 3 is 2.36 bits per heavy atom. The first-order chi connectivity index (χ1) is 10.7. The van der Waals surface area contributed by atoms with Gasteiger partial charge in [0.15, 0.2) is 5.78 Å². The van der Waals surface area contributed by atoms with E-state index in [2.05, 4.69) is 31.2 Å². The number of hydrogen-bond acceptors (Lipinski definition) is 1. The number of allylic oxidation sites excluding steroid dienone is 2. The van der Waals surface area contributed by atoms with E-state index in [1.54, 1.807) is 6.08 Å². The third-order valence-corrected chi connectivity index (χ3v) is 4.98. The maximum absolute atomic E-state index is 11.9. The van der Waals surface area contributed by atoms with E-state index in [0.717, 1.165) is 25.7 Å². The van der Waals surface area contributed by atoms with Crippen LogP contribution in [0, 0.1) is 5.92 Å². The molecule has 1 aromatic carbocycles. The number of hydrogen-bond donors (Lipinski definition) is 0. The molecular weight excluding hydrogens is 268 g/mol. The van der Waals surface area contributed by atoms with Crippen LogP contribution >= 0.6 is 0 Å². The fourth-order valence-electron chi connectivity index (χ4n) is 3.55. The van der Waals surface area contributed by atoms with Gasteiger partial charge in [-0.25, -0.2) is 0 Å². The molecule has 0 bridgehead atoms. The van der Waals surface area contributed by atoms with Crippen LogP contribution in [0.2, 0.25) is 0 Å². The van der Waals surface area contributed by atoms with Gasteiger partial charge in [-0.05, 0) is 68.6 Å². The summed E-state index contributed by atoms with van der Waals surface area (Å²) in [5.74, 6) is 1.24. The molecule has 1 nitrogen and oxygen atoms in total. The van der Waals surface area contributed by atoms with Gasteiger partial charge in [-0.2, -0.15) is 0 Å². The number of aryl methyl sites for hydroxylation is 1. The van der Waals surface area contributed by atoms with Crippen LogP contribution in [0.15, 0.2) is 36.4 Å². The zero-order valence-electron chi connectivity index (χ0n) is 14.2. The van der Waals surface area contributed by atoms with Crippen LogP contribution < -0.4 is 0 Å². The lowest BCUT2D eigenvalue weighted by Gasteiger charge is -2.27. The molecule has 0 spiro atoms. The van der Waals surface area contributed by atoms with Gasteiger partial charge in [0, 0.05) is 5.92 Å². The number of unbranched alkanes of at least 4 members (excludes halogenated alkanes) is 2. The Morgan fingerprint density at radius 2 is 1.77 bits per heavy atom. The van der Waals surface area contributed by atoms with E-state index < -0.39 is 0 Å². The van der Waals surface area contributed by atoms with Crippen molar-refractivity contribution in [1.82, 2.24) is 0 Å². The molecule has 0 aromatic heterocycles. The van der Waals surface area contributed by atoms with Crippen molar-refractivity contribution in [3.63, 3.8) is 0 Å². The molecular formula is C21H30O. The van der Waals surface area contributed by atoms with E-state index >= 15 is 0 Å². The van der Waals surface area contributed by atoms with Gasteiger partial charge in [-0.1, -0.05) is 50.1 Å². The lowest BCUT2D eigenvalue weighted by Crippen LogP contribution is -2.19. The van der Waals surface area contributed by atoms with Gasteiger partial charge in [0.25, 0.3) is 0 Å². The minimum atomic E-state index is 0.265. The summed E-state index contributed by atoms with van der Waals surface area (Å²) in [6.07, 6.45) is 13.1. The molecule has 1 saturated carbocycles. The van der Waals surface area contributed by atoms with Crippen LogP contribution in [0.1, 0.15) is 75.8 Å². The molecule has 0 aliphatic heterocycles. The van der Waals surface area contributed by atoms with Crippen molar-refractivity contribution in [2.75, 3.05) is 0 Å². The molecule has 0 atom stereocenters. The SMILES string of the molecule is C/C=C\C(=O)C1CCC(c2ccc(CCCCC)cc2)CC1. The van der Waals surface area contributed by atoms with Gasteiger partial charge in [-0.3, -0.25) is 4.79 Å². The summed E-state index contributed by atoms with van der Waals surface area (Å²) in [6, 6.07) is 9.25. The van der Waals surface area contributed by atoms with E-state index in [-0.39, 0.29) is 5.92 Å². The summed E-state index contributed by atoms with van der Waals surface area (Å²) in [5, 5.41) is 0. The van der Waals surface area contributed by atoms with Crippen molar-refractivity contribution < 1.29 is 4.79 Å². The molecule has 0 radical (unpaired) electrons.